The minimum atomic E-state index is 1.11. The lowest BCUT2D eigenvalue weighted by atomic mass is 10.2. The van der Waals surface area contributed by atoms with E-state index >= 15 is 0 Å². The number of hydrogen-bond acceptors (Lipinski definition) is 0. The van der Waals surface area contributed by atoms with Crippen LogP contribution in [0.4, 0.5) is 0 Å². The molecule has 0 saturated heterocycles. The summed E-state index contributed by atoms with van der Waals surface area (Å²) in [5.41, 5.74) is 0. The lowest BCUT2D eigenvalue weighted by Gasteiger charge is -1.85. The zero-order chi connectivity index (χ0) is 6.36. The molecule has 0 unspecified atom stereocenters. The van der Waals surface area contributed by atoms with Gasteiger partial charge in [0.2, 0.25) is 0 Å². The van der Waals surface area contributed by atoms with Gasteiger partial charge in [-0.3, -0.25) is 0 Å². The zero-order valence-corrected chi connectivity index (χ0v) is 5.77. The molecule has 0 fully saturated rings. The summed E-state index contributed by atoms with van der Waals surface area (Å²) in [6.45, 7) is 0. The molecule has 0 saturated carbocycles. The molecule has 0 aliphatic heterocycles. The summed E-state index contributed by atoms with van der Waals surface area (Å²) in [6.07, 6.45) is 16.0. The molecule has 0 aromatic carbocycles. The van der Waals surface area contributed by atoms with Gasteiger partial charge in [-0.2, -0.15) is 0 Å². The van der Waals surface area contributed by atoms with E-state index in [9.17, 15) is 0 Å². The molecule has 1 rings (SSSR count). The fraction of sp³-hybridized carbons (Fsp3) is 0.556. The Labute approximate surface area is 57.3 Å². The predicted octanol–water partition coefficient (Wildman–Crippen LogP) is 2.87. The van der Waals surface area contributed by atoms with Crippen LogP contribution in [0.5, 0.6) is 0 Å². The van der Waals surface area contributed by atoms with E-state index < -0.39 is 0 Å². The molecule has 0 heteroatoms. The third kappa shape index (κ3) is 3.12. The van der Waals surface area contributed by atoms with Gasteiger partial charge in [0.05, 0.1) is 0 Å². The van der Waals surface area contributed by atoms with Gasteiger partial charge in [-0.15, -0.1) is 0 Å². The van der Waals surface area contributed by atoms with Crippen molar-refractivity contribution in [3.8, 4) is 0 Å². The smallest absolute Gasteiger partial charge is 0.0245 e. The highest BCUT2D eigenvalue weighted by atomic mass is 13.9. The standard InChI is InChI=1S/C9H13/c1-2-4-6-8-9-7-5-3-1/h1-2,9H,3-7H2. The highest BCUT2D eigenvalue weighted by Crippen LogP contribution is 2.03. The second-order valence-corrected chi connectivity index (χ2v) is 2.35. The zero-order valence-electron chi connectivity index (χ0n) is 5.77. The molecule has 0 spiro atoms. The van der Waals surface area contributed by atoms with E-state index in [1.807, 2.05) is 0 Å². The van der Waals surface area contributed by atoms with Crippen molar-refractivity contribution >= 4 is 0 Å². The Hall–Kier alpha value is -0.520. The van der Waals surface area contributed by atoms with Crippen LogP contribution in [-0.2, 0) is 0 Å². The Balaban J connectivity index is 2.28. The van der Waals surface area contributed by atoms with Crippen LogP contribution in [-0.4, -0.2) is 0 Å². The summed E-state index contributed by atoms with van der Waals surface area (Å²) in [6, 6.07) is 0. The van der Waals surface area contributed by atoms with Crippen molar-refractivity contribution in [3.05, 3.63) is 24.3 Å². The van der Waals surface area contributed by atoms with Crippen molar-refractivity contribution in [2.24, 2.45) is 0 Å². The van der Waals surface area contributed by atoms with Gasteiger partial charge in [0, 0.05) is 0 Å². The summed E-state index contributed by atoms with van der Waals surface area (Å²) in [5.74, 6) is 0. The normalized spacial score (nSPS) is 20.4. The molecule has 0 N–H and O–H groups in total. The van der Waals surface area contributed by atoms with Crippen LogP contribution < -0.4 is 0 Å². The van der Waals surface area contributed by atoms with Gasteiger partial charge in [-0.25, -0.2) is 0 Å². The molecule has 1 aliphatic carbocycles. The largest absolute Gasteiger partial charge is 0.0885 e. The van der Waals surface area contributed by atoms with Crippen molar-refractivity contribution in [3.63, 3.8) is 0 Å². The topological polar surface area (TPSA) is 0 Å². The van der Waals surface area contributed by atoms with E-state index in [-0.39, 0.29) is 0 Å². The molecule has 1 aliphatic rings. The van der Waals surface area contributed by atoms with Crippen LogP contribution in [0.1, 0.15) is 32.1 Å². The molecule has 0 heterocycles. The van der Waals surface area contributed by atoms with Gasteiger partial charge in [0.15, 0.2) is 0 Å². The first-order valence-corrected chi connectivity index (χ1v) is 3.70. The van der Waals surface area contributed by atoms with E-state index in [4.69, 9.17) is 0 Å². The Morgan fingerprint density at radius 3 is 2.89 bits per heavy atom. The molecular formula is C9H13. The van der Waals surface area contributed by atoms with Gasteiger partial charge in [0.25, 0.3) is 0 Å². The Morgan fingerprint density at radius 2 is 1.89 bits per heavy atom. The maximum Gasteiger partial charge on any atom is -0.0245 e. The number of allylic oxidation sites excluding steroid dienone is 4. The first-order chi connectivity index (χ1) is 4.50. The second kappa shape index (κ2) is 4.37. The first-order valence-electron chi connectivity index (χ1n) is 3.70. The summed E-state index contributed by atoms with van der Waals surface area (Å²) in [7, 11) is 0. The lowest BCUT2D eigenvalue weighted by molar-refractivity contribution is 0.867. The average molecular weight is 121 g/mol. The number of hydrogen-bond donors (Lipinski definition) is 0. The van der Waals surface area contributed by atoms with Crippen molar-refractivity contribution in [2.45, 2.75) is 32.1 Å². The first kappa shape index (κ1) is 6.60. The molecule has 0 nitrogen and oxygen atoms in total. The predicted molar refractivity (Wildman–Crippen MR) is 40.0 cm³/mol. The van der Waals surface area contributed by atoms with E-state index in [1.54, 1.807) is 0 Å². The molecule has 0 aromatic heterocycles. The minimum Gasteiger partial charge on any atom is -0.0885 e. The molecule has 0 atom stereocenters. The van der Waals surface area contributed by atoms with Gasteiger partial charge in [-0.05, 0) is 38.2 Å². The molecule has 0 amide bonds. The maximum absolute atomic E-state index is 3.25. The summed E-state index contributed by atoms with van der Waals surface area (Å²) in [4.78, 5) is 0. The maximum atomic E-state index is 3.25. The summed E-state index contributed by atoms with van der Waals surface area (Å²) >= 11 is 0. The van der Waals surface area contributed by atoms with Crippen molar-refractivity contribution < 1.29 is 0 Å². The van der Waals surface area contributed by atoms with Gasteiger partial charge in [-0.1, -0.05) is 18.2 Å². The van der Waals surface area contributed by atoms with Crippen LogP contribution in [0.15, 0.2) is 18.2 Å². The summed E-state index contributed by atoms with van der Waals surface area (Å²) < 4.78 is 0. The lowest BCUT2D eigenvalue weighted by Crippen LogP contribution is -1.65. The van der Waals surface area contributed by atoms with Crippen molar-refractivity contribution in [2.75, 3.05) is 0 Å². The van der Waals surface area contributed by atoms with E-state index in [0.29, 0.717) is 0 Å². The van der Waals surface area contributed by atoms with Crippen LogP contribution in [0.2, 0.25) is 0 Å². The molecule has 9 heavy (non-hydrogen) atoms. The van der Waals surface area contributed by atoms with Crippen LogP contribution >= 0.6 is 0 Å². The van der Waals surface area contributed by atoms with Crippen LogP contribution in [0.3, 0.4) is 0 Å². The molecule has 49 valence electrons. The molecule has 0 bridgehead atoms. The Morgan fingerprint density at radius 1 is 1.00 bits per heavy atom. The molecular weight excluding hydrogens is 108 g/mol. The monoisotopic (exact) mass is 121 g/mol. The third-order valence-corrected chi connectivity index (χ3v) is 1.49. The third-order valence-electron chi connectivity index (χ3n) is 1.49. The highest BCUT2D eigenvalue weighted by Gasteiger charge is 1.84. The van der Waals surface area contributed by atoms with Crippen LogP contribution in [0, 0.1) is 6.08 Å². The summed E-state index contributed by atoms with van der Waals surface area (Å²) in [5, 5.41) is 0. The van der Waals surface area contributed by atoms with Crippen molar-refractivity contribution in [1.82, 2.24) is 0 Å². The van der Waals surface area contributed by atoms with E-state index in [1.165, 1.54) is 25.7 Å². The van der Waals surface area contributed by atoms with E-state index in [2.05, 4.69) is 24.3 Å². The molecule has 0 aromatic rings. The minimum absolute atomic E-state index is 1.11. The Bertz CT molecular complexity index is 95.2. The fourth-order valence-corrected chi connectivity index (χ4v) is 0.944. The van der Waals surface area contributed by atoms with Gasteiger partial charge < -0.3 is 0 Å². The SMILES string of the molecule is [C]1=CCCCC=CCC1. The average Bonchev–Trinajstić information content (AvgIpc) is 2.00. The van der Waals surface area contributed by atoms with E-state index in [0.717, 1.165) is 6.42 Å². The van der Waals surface area contributed by atoms with Gasteiger partial charge in [0.1, 0.15) is 0 Å². The highest BCUT2D eigenvalue weighted by molar-refractivity contribution is 4.87. The Kier molecular flexibility index (Phi) is 3.20. The second-order valence-electron chi connectivity index (χ2n) is 2.35. The van der Waals surface area contributed by atoms with Crippen LogP contribution in [0.25, 0.3) is 0 Å². The van der Waals surface area contributed by atoms with Crippen molar-refractivity contribution in [1.29, 1.82) is 0 Å². The quantitative estimate of drug-likeness (QED) is 0.432. The van der Waals surface area contributed by atoms with Gasteiger partial charge >= 0.3 is 0 Å². The molecule has 1 radical (unpaired) electrons. The fourth-order valence-electron chi connectivity index (χ4n) is 0.944. The number of rotatable bonds is 0.